The Balaban J connectivity index is 1.97. The minimum Gasteiger partial charge on any atom is -0.497 e. The van der Waals surface area contributed by atoms with Gasteiger partial charge >= 0.3 is 0 Å². The topological polar surface area (TPSA) is 59.3 Å². The van der Waals surface area contributed by atoms with E-state index in [0.717, 1.165) is 22.6 Å². The Morgan fingerprint density at radius 2 is 2.26 bits per heavy atom. The minimum atomic E-state index is 0.103. The van der Waals surface area contributed by atoms with Crippen LogP contribution in [-0.4, -0.2) is 28.6 Å². The van der Waals surface area contributed by atoms with E-state index in [2.05, 4.69) is 10.4 Å². The van der Waals surface area contributed by atoms with Crippen LogP contribution in [0.4, 0.5) is 5.69 Å². The number of aromatic nitrogens is 2. The molecule has 2 aromatic rings. The summed E-state index contributed by atoms with van der Waals surface area (Å²) in [6.07, 6.45) is 3.74. The van der Waals surface area contributed by atoms with Gasteiger partial charge in [-0.15, -0.1) is 0 Å². The van der Waals surface area contributed by atoms with Gasteiger partial charge in [-0.25, -0.2) is 0 Å². The molecule has 102 valence electrons. The normalized spacial score (nSPS) is 10.5. The number of aliphatic hydroxyl groups excluding tert-OH is 1. The number of hydrogen-bond acceptors (Lipinski definition) is 4. The second kappa shape index (κ2) is 6.24. The van der Waals surface area contributed by atoms with E-state index in [-0.39, 0.29) is 6.61 Å². The molecule has 0 atom stereocenters. The molecule has 0 amide bonds. The first-order chi connectivity index (χ1) is 9.22. The molecule has 1 heterocycles. The highest BCUT2D eigenvalue weighted by molar-refractivity contribution is 5.53. The number of methoxy groups -OCH3 is 1. The standard InChI is InChI=1S/C14H19N3O2/c1-11-7-13(19-2)3-4-14(11)15-8-12-9-16-17(10-12)5-6-18/h3-4,7,9-10,15,18H,5-6,8H2,1-2H3. The summed E-state index contributed by atoms with van der Waals surface area (Å²) < 4.78 is 6.91. The number of nitrogens with zero attached hydrogens (tertiary/aromatic N) is 2. The number of aryl methyl sites for hydroxylation is 1. The summed E-state index contributed by atoms with van der Waals surface area (Å²) in [5.41, 5.74) is 3.31. The molecule has 5 nitrogen and oxygen atoms in total. The Hall–Kier alpha value is -2.01. The van der Waals surface area contributed by atoms with Gasteiger partial charge < -0.3 is 15.2 Å². The Bertz CT molecular complexity index is 537. The van der Waals surface area contributed by atoms with Crippen LogP contribution in [0.3, 0.4) is 0 Å². The molecule has 0 aliphatic carbocycles. The summed E-state index contributed by atoms with van der Waals surface area (Å²) in [7, 11) is 1.66. The van der Waals surface area contributed by atoms with E-state index >= 15 is 0 Å². The lowest BCUT2D eigenvalue weighted by atomic mass is 10.2. The molecule has 0 fully saturated rings. The van der Waals surface area contributed by atoms with Crippen molar-refractivity contribution in [3.8, 4) is 5.75 Å². The van der Waals surface area contributed by atoms with E-state index in [1.165, 1.54) is 0 Å². The Labute approximate surface area is 112 Å². The third-order valence-electron chi connectivity index (χ3n) is 2.93. The second-order valence-corrected chi connectivity index (χ2v) is 4.37. The zero-order valence-electron chi connectivity index (χ0n) is 11.3. The van der Waals surface area contributed by atoms with Gasteiger partial charge in [0, 0.05) is 24.0 Å². The number of nitrogens with one attached hydrogen (secondary N) is 1. The molecule has 0 saturated heterocycles. The summed E-state index contributed by atoms with van der Waals surface area (Å²) in [6.45, 7) is 3.38. The lowest BCUT2D eigenvalue weighted by molar-refractivity contribution is 0.269. The molecule has 1 aromatic heterocycles. The van der Waals surface area contributed by atoms with Gasteiger partial charge in [-0.05, 0) is 30.7 Å². The smallest absolute Gasteiger partial charge is 0.119 e. The average Bonchev–Trinajstić information content (AvgIpc) is 2.85. The van der Waals surface area contributed by atoms with Gasteiger partial charge in [-0.2, -0.15) is 5.10 Å². The van der Waals surface area contributed by atoms with Crippen molar-refractivity contribution >= 4 is 5.69 Å². The van der Waals surface area contributed by atoms with Crippen molar-refractivity contribution in [2.45, 2.75) is 20.0 Å². The lowest BCUT2D eigenvalue weighted by Gasteiger charge is -2.10. The second-order valence-electron chi connectivity index (χ2n) is 4.37. The van der Waals surface area contributed by atoms with Gasteiger partial charge in [0.1, 0.15) is 5.75 Å². The molecule has 0 aliphatic rings. The summed E-state index contributed by atoms with van der Waals surface area (Å²) in [5.74, 6) is 0.860. The molecule has 0 aliphatic heterocycles. The van der Waals surface area contributed by atoms with Crippen LogP contribution in [0.15, 0.2) is 30.6 Å². The maximum atomic E-state index is 8.83. The number of anilines is 1. The van der Waals surface area contributed by atoms with Crippen LogP contribution in [0.25, 0.3) is 0 Å². The SMILES string of the molecule is COc1ccc(NCc2cnn(CCO)c2)c(C)c1. The fraction of sp³-hybridized carbons (Fsp3) is 0.357. The van der Waals surface area contributed by atoms with E-state index in [0.29, 0.717) is 13.1 Å². The van der Waals surface area contributed by atoms with Gasteiger partial charge in [0.15, 0.2) is 0 Å². The van der Waals surface area contributed by atoms with Crippen LogP contribution in [-0.2, 0) is 13.1 Å². The number of hydrogen-bond donors (Lipinski definition) is 2. The fourth-order valence-corrected chi connectivity index (χ4v) is 1.88. The van der Waals surface area contributed by atoms with E-state index in [1.54, 1.807) is 11.8 Å². The van der Waals surface area contributed by atoms with Crippen LogP contribution >= 0.6 is 0 Å². The largest absolute Gasteiger partial charge is 0.497 e. The van der Waals surface area contributed by atoms with Gasteiger partial charge in [-0.1, -0.05) is 0 Å². The molecule has 19 heavy (non-hydrogen) atoms. The van der Waals surface area contributed by atoms with Crippen molar-refractivity contribution in [2.75, 3.05) is 19.0 Å². The number of aliphatic hydroxyl groups is 1. The monoisotopic (exact) mass is 261 g/mol. The average molecular weight is 261 g/mol. The third kappa shape index (κ3) is 3.48. The van der Waals surface area contributed by atoms with Gasteiger partial charge in [0.05, 0.1) is 26.5 Å². The van der Waals surface area contributed by atoms with Crippen LogP contribution in [0.2, 0.25) is 0 Å². The maximum absolute atomic E-state index is 8.83. The maximum Gasteiger partial charge on any atom is 0.119 e. The van der Waals surface area contributed by atoms with Crippen molar-refractivity contribution < 1.29 is 9.84 Å². The van der Waals surface area contributed by atoms with Gasteiger partial charge in [0.25, 0.3) is 0 Å². The van der Waals surface area contributed by atoms with Crippen molar-refractivity contribution in [1.82, 2.24) is 9.78 Å². The third-order valence-corrected chi connectivity index (χ3v) is 2.93. The Morgan fingerprint density at radius 1 is 1.42 bits per heavy atom. The molecule has 0 bridgehead atoms. The van der Waals surface area contributed by atoms with E-state index in [1.807, 2.05) is 37.5 Å². The van der Waals surface area contributed by atoms with Crippen molar-refractivity contribution in [2.24, 2.45) is 0 Å². The number of benzene rings is 1. The molecule has 0 unspecified atom stereocenters. The lowest BCUT2D eigenvalue weighted by Crippen LogP contribution is -2.02. The first kappa shape index (κ1) is 13.4. The van der Waals surface area contributed by atoms with Crippen LogP contribution in [0.1, 0.15) is 11.1 Å². The predicted octanol–water partition coefficient (Wildman–Crippen LogP) is 1.80. The van der Waals surface area contributed by atoms with E-state index < -0.39 is 0 Å². The molecule has 2 N–H and O–H groups in total. The minimum absolute atomic E-state index is 0.103. The van der Waals surface area contributed by atoms with Crippen molar-refractivity contribution in [1.29, 1.82) is 0 Å². The molecular weight excluding hydrogens is 242 g/mol. The zero-order valence-corrected chi connectivity index (χ0v) is 11.3. The number of ether oxygens (including phenoxy) is 1. The molecule has 5 heteroatoms. The highest BCUT2D eigenvalue weighted by Crippen LogP contribution is 2.21. The quantitative estimate of drug-likeness (QED) is 0.832. The zero-order chi connectivity index (χ0) is 13.7. The van der Waals surface area contributed by atoms with Gasteiger partial charge in [0.2, 0.25) is 0 Å². The molecule has 0 spiro atoms. The molecule has 0 saturated carbocycles. The van der Waals surface area contributed by atoms with Crippen LogP contribution in [0.5, 0.6) is 5.75 Å². The predicted molar refractivity (Wildman–Crippen MR) is 74.4 cm³/mol. The molecule has 1 aromatic carbocycles. The first-order valence-corrected chi connectivity index (χ1v) is 6.23. The summed E-state index contributed by atoms with van der Waals surface area (Å²) in [5, 5.41) is 16.4. The summed E-state index contributed by atoms with van der Waals surface area (Å²) >= 11 is 0. The first-order valence-electron chi connectivity index (χ1n) is 6.23. The van der Waals surface area contributed by atoms with Crippen molar-refractivity contribution in [3.63, 3.8) is 0 Å². The highest BCUT2D eigenvalue weighted by Gasteiger charge is 2.02. The fourth-order valence-electron chi connectivity index (χ4n) is 1.88. The summed E-state index contributed by atoms with van der Waals surface area (Å²) in [4.78, 5) is 0. The Morgan fingerprint density at radius 3 is 2.95 bits per heavy atom. The molecule has 0 radical (unpaired) electrons. The summed E-state index contributed by atoms with van der Waals surface area (Å²) in [6, 6.07) is 5.94. The van der Waals surface area contributed by atoms with Crippen molar-refractivity contribution in [3.05, 3.63) is 41.7 Å². The van der Waals surface area contributed by atoms with E-state index in [4.69, 9.17) is 9.84 Å². The Kier molecular flexibility index (Phi) is 4.41. The van der Waals surface area contributed by atoms with Crippen LogP contribution in [0, 0.1) is 6.92 Å². The van der Waals surface area contributed by atoms with E-state index in [9.17, 15) is 0 Å². The van der Waals surface area contributed by atoms with Gasteiger partial charge in [-0.3, -0.25) is 4.68 Å². The molecular formula is C14H19N3O2. The number of rotatable bonds is 6. The highest BCUT2D eigenvalue weighted by atomic mass is 16.5. The molecule has 2 rings (SSSR count). The van der Waals surface area contributed by atoms with Crippen LogP contribution < -0.4 is 10.1 Å².